The highest BCUT2D eigenvalue weighted by molar-refractivity contribution is 5.73. The molecule has 0 fully saturated rings. The van der Waals surface area contributed by atoms with Gasteiger partial charge in [-0.25, -0.2) is 0 Å². The Morgan fingerprint density at radius 3 is 2.76 bits per heavy atom. The van der Waals surface area contributed by atoms with Gasteiger partial charge in [-0.15, -0.1) is 0 Å². The summed E-state index contributed by atoms with van der Waals surface area (Å²) in [7, 11) is 1.87. The molecule has 1 unspecified atom stereocenters. The second-order valence-corrected chi connectivity index (χ2v) is 4.75. The number of carboxylic acids is 1. The molecule has 96 valence electrons. The van der Waals surface area contributed by atoms with Crippen LogP contribution in [0.3, 0.4) is 0 Å². The minimum absolute atomic E-state index is 0.377. The zero-order valence-electron chi connectivity index (χ0n) is 10.7. The first-order valence-electron chi connectivity index (χ1n) is 5.92. The number of rotatable bonds is 7. The van der Waals surface area contributed by atoms with Crippen molar-refractivity contribution in [3.63, 3.8) is 0 Å². The van der Waals surface area contributed by atoms with E-state index in [2.05, 4.69) is 10.4 Å². The lowest BCUT2D eigenvalue weighted by Crippen LogP contribution is -2.38. The number of aryl methyl sites for hydroxylation is 1. The van der Waals surface area contributed by atoms with Crippen LogP contribution in [0.4, 0.5) is 0 Å². The van der Waals surface area contributed by atoms with Crippen molar-refractivity contribution in [2.45, 2.75) is 32.7 Å². The largest absolute Gasteiger partial charge is 0.480 e. The van der Waals surface area contributed by atoms with Crippen LogP contribution < -0.4 is 5.32 Å². The average Bonchev–Trinajstić information content (AvgIpc) is 2.62. The molecule has 0 aliphatic carbocycles. The molecule has 2 N–H and O–H groups in total. The highest BCUT2D eigenvalue weighted by Gasteiger charge is 2.17. The van der Waals surface area contributed by atoms with Gasteiger partial charge in [0.15, 0.2) is 0 Å². The Hall–Kier alpha value is -1.36. The fourth-order valence-corrected chi connectivity index (χ4v) is 1.73. The Labute approximate surface area is 102 Å². The first-order chi connectivity index (χ1) is 7.99. The summed E-state index contributed by atoms with van der Waals surface area (Å²) in [6, 6.07) is -0.452. The summed E-state index contributed by atoms with van der Waals surface area (Å²) in [6.45, 7) is 4.72. The molecule has 1 aromatic rings. The summed E-state index contributed by atoms with van der Waals surface area (Å²) < 4.78 is 1.75. The lowest BCUT2D eigenvalue weighted by atomic mass is 10.0. The predicted octanol–water partition coefficient (Wildman–Crippen LogP) is 1.05. The third-order valence-electron chi connectivity index (χ3n) is 2.57. The molecule has 0 saturated heterocycles. The van der Waals surface area contributed by atoms with Crippen LogP contribution in [0.1, 0.15) is 25.8 Å². The van der Waals surface area contributed by atoms with E-state index in [1.807, 2.05) is 27.1 Å². The van der Waals surface area contributed by atoms with Gasteiger partial charge in [-0.1, -0.05) is 13.8 Å². The molecule has 0 spiro atoms. The number of carboxylic acid groups (broad SMARTS) is 1. The van der Waals surface area contributed by atoms with E-state index >= 15 is 0 Å². The van der Waals surface area contributed by atoms with Gasteiger partial charge < -0.3 is 10.4 Å². The van der Waals surface area contributed by atoms with E-state index < -0.39 is 12.0 Å². The summed E-state index contributed by atoms with van der Waals surface area (Å²) in [6.07, 6.45) is 5.21. The van der Waals surface area contributed by atoms with E-state index in [1.54, 1.807) is 10.9 Å². The fraction of sp³-hybridized carbons (Fsp3) is 0.667. The van der Waals surface area contributed by atoms with Gasteiger partial charge in [0, 0.05) is 19.8 Å². The molecule has 1 heterocycles. The quantitative estimate of drug-likeness (QED) is 0.746. The maximum absolute atomic E-state index is 11.0. The monoisotopic (exact) mass is 239 g/mol. The van der Waals surface area contributed by atoms with Crippen molar-refractivity contribution in [3.8, 4) is 0 Å². The van der Waals surface area contributed by atoms with Gasteiger partial charge in [0.05, 0.1) is 6.20 Å². The normalized spacial score (nSPS) is 12.9. The topological polar surface area (TPSA) is 67.2 Å². The van der Waals surface area contributed by atoms with Crippen LogP contribution in [-0.2, 0) is 18.3 Å². The Kier molecular flexibility index (Phi) is 5.15. The Bertz CT molecular complexity index is 360. The van der Waals surface area contributed by atoms with Gasteiger partial charge in [0.1, 0.15) is 6.04 Å². The molecule has 0 aliphatic heterocycles. The van der Waals surface area contributed by atoms with Gasteiger partial charge in [-0.2, -0.15) is 5.10 Å². The van der Waals surface area contributed by atoms with Crippen LogP contribution in [-0.4, -0.2) is 33.4 Å². The molecule has 1 rings (SSSR count). The third kappa shape index (κ3) is 4.99. The number of carbonyl (C=O) groups is 1. The summed E-state index contributed by atoms with van der Waals surface area (Å²) in [5.74, 6) is -0.396. The van der Waals surface area contributed by atoms with E-state index in [0.717, 1.165) is 12.0 Å². The number of aliphatic carboxylic acids is 1. The molecule has 0 bridgehead atoms. The highest BCUT2D eigenvalue weighted by atomic mass is 16.4. The lowest BCUT2D eigenvalue weighted by Gasteiger charge is -2.15. The average molecular weight is 239 g/mol. The molecule has 1 aromatic heterocycles. The molecular formula is C12H21N3O2. The summed E-state index contributed by atoms with van der Waals surface area (Å²) >= 11 is 0. The Balaban J connectivity index is 2.34. The van der Waals surface area contributed by atoms with Gasteiger partial charge in [0.2, 0.25) is 0 Å². The standard InChI is InChI=1S/C12H21N3O2/c1-9(2)6-11(12(16)17)13-5-4-10-7-14-15(3)8-10/h7-9,11,13H,4-6H2,1-3H3,(H,16,17). The summed E-state index contributed by atoms with van der Waals surface area (Å²) in [5.41, 5.74) is 1.12. The van der Waals surface area contributed by atoms with Gasteiger partial charge in [-0.05, 0) is 24.3 Å². The summed E-state index contributed by atoms with van der Waals surface area (Å²) in [5, 5.41) is 16.2. The summed E-state index contributed by atoms with van der Waals surface area (Å²) in [4.78, 5) is 11.0. The van der Waals surface area contributed by atoms with Gasteiger partial charge >= 0.3 is 5.97 Å². The zero-order valence-corrected chi connectivity index (χ0v) is 10.7. The van der Waals surface area contributed by atoms with E-state index in [1.165, 1.54) is 0 Å². The van der Waals surface area contributed by atoms with Crippen molar-refractivity contribution in [1.29, 1.82) is 0 Å². The zero-order chi connectivity index (χ0) is 12.8. The maximum atomic E-state index is 11.0. The molecule has 0 aromatic carbocycles. The smallest absolute Gasteiger partial charge is 0.320 e. The van der Waals surface area contributed by atoms with Crippen LogP contribution in [0.5, 0.6) is 0 Å². The fourth-order valence-electron chi connectivity index (χ4n) is 1.73. The van der Waals surface area contributed by atoms with Crippen LogP contribution in [0.25, 0.3) is 0 Å². The van der Waals surface area contributed by atoms with Crippen molar-refractivity contribution in [2.24, 2.45) is 13.0 Å². The van der Waals surface area contributed by atoms with Crippen LogP contribution in [0, 0.1) is 5.92 Å². The van der Waals surface area contributed by atoms with Crippen LogP contribution >= 0.6 is 0 Å². The second-order valence-electron chi connectivity index (χ2n) is 4.75. The van der Waals surface area contributed by atoms with E-state index in [-0.39, 0.29) is 0 Å². The highest BCUT2D eigenvalue weighted by Crippen LogP contribution is 2.05. The minimum Gasteiger partial charge on any atom is -0.480 e. The van der Waals surface area contributed by atoms with Crippen molar-refractivity contribution in [3.05, 3.63) is 18.0 Å². The van der Waals surface area contributed by atoms with Gasteiger partial charge in [-0.3, -0.25) is 9.48 Å². The molecule has 0 amide bonds. The first kappa shape index (κ1) is 13.7. The second kappa shape index (κ2) is 6.39. The number of hydrogen-bond acceptors (Lipinski definition) is 3. The van der Waals surface area contributed by atoms with Gasteiger partial charge in [0.25, 0.3) is 0 Å². The maximum Gasteiger partial charge on any atom is 0.320 e. The number of nitrogens with one attached hydrogen (secondary N) is 1. The SMILES string of the molecule is CC(C)CC(NCCc1cnn(C)c1)C(=O)O. The van der Waals surface area contributed by atoms with E-state index in [0.29, 0.717) is 18.9 Å². The molecule has 1 atom stereocenters. The minimum atomic E-state index is -0.773. The van der Waals surface area contributed by atoms with Crippen LogP contribution in [0.15, 0.2) is 12.4 Å². The number of hydrogen-bond donors (Lipinski definition) is 2. The molecular weight excluding hydrogens is 218 g/mol. The van der Waals surface area contributed by atoms with Crippen molar-refractivity contribution in [1.82, 2.24) is 15.1 Å². The molecule has 5 nitrogen and oxygen atoms in total. The lowest BCUT2D eigenvalue weighted by molar-refractivity contribution is -0.139. The molecule has 0 saturated carbocycles. The third-order valence-corrected chi connectivity index (χ3v) is 2.57. The number of aromatic nitrogens is 2. The Morgan fingerprint density at radius 2 is 2.29 bits per heavy atom. The molecule has 0 radical (unpaired) electrons. The molecule has 17 heavy (non-hydrogen) atoms. The Morgan fingerprint density at radius 1 is 1.59 bits per heavy atom. The van der Waals surface area contributed by atoms with Crippen molar-refractivity contribution < 1.29 is 9.90 Å². The first-order valence-corrected chi connectivity index (χ1v) is 5.92. The predicted molar refractivity (Wildman–Crippen MR) is 65.8 cm³/mol. The van der Waals surface area contributed by atoms with Crippen LogP contribution in [0.2, 0.25) is 0 Å². The van der Waals surface area contributed by atoms with E-state index in [4.69, 9.17) is 5.11 Å². The van der Waals surface area contributed by atoms with E-state index in [9.17, 15) is 4.79 Å². The molecule has 0 aliphatic rings. The molecule has 5 heteroatoms. The van der Waals surface area contributed by atoms with Crippen molar-refractivity contribution >= 4 is 5.97 Å². The number of nitrogens with zero attached hydrogens (tertiary/aromatic N) is 2. The van der Waals surface area contributed by atoms with Crippen molar-refractivity contribution in [2.75, 3.05) is 6.54 Å².